The van der Waals surface area contributed by atoms with E-state index in [4.69, 9.17) is 0 Å². The highest BCUT2D eigenvalue weighted by atomic mass is 19.4. The second-order valence-corrected chi connectivity index (χ2v) is 5.49. The minimum absolute atomic E-state index is 0.00607. The molecule has 1 aromatic rings. The molecule has 128 valence electrons. The van der Waals surface area contributed by atoms with Crippen LogP contribution in [-0.2, 0) is 11.0 Å². The third-order valence-corrected chi connectivity index (χ3v) is 3.34. The Morgan fingerprint density at radius 1 is 1.17 bits per heavy atom. The summed E-state index contributed by atoms with van der Waals surface area (Å²) < 4.78 is 38.0. The number of anilines is 1. The molecule has 7 heteroatoms. The molecule has 1 aromatic carbocycles. The number of rotatable bonds is 4. The fraction of sp³-hybridized carbons (Fsp3) is 0.294. The van der Waals surface area contributed by atoms with Crippen LogP contribution in [0.15, 0.2) is 53.8 Å². The molecule has 0 aliphatic carbocycles. The van der Waals surface area contributed by atoms with Crippen molar-refractivity contribution >= 4 is 17.8 Å². The van der Waals surface area contributed by atoms with Gasteiger partial charge in [-0.15, -0.1) is 0 Å². The number of hydrogen-bond acceptors (Lipinski definition) is 3. The smallest absolute Gasteiger partial charge is 0.308 e. The van der Waals surface area contributed by atoms with E-state index in [0.717, 1.165) is 12.1 Å². The summed E-state index contributed by atoms with van der Waals surface area (Å²) in [6, 6.07) is 4.37. The average molecular weight is 337 g/mol. The van der Waals surface area contributed by atoms with Crippen LogP contribution < -0.4 is 4.90 Å². The van der Waals surface area contributed by atoms with Crippen molar-refractivity contribution in [3.63, 3.8) is 0 Å². The maximum Gasteiger partial charge on any atom is 0.416 e. The maximum absolute atomic E-state index is 12.7. The van der Waals surface area contributed by atoms with Crippen LogP contribution in [0.3, 0.4) is 0 Å². The third-order valence-electron chi connectivity index (χ3n) is 3.34. The zero-order chi connectivity index (χ0) is 17.7. The molecule has 0 unspecified atom stereocenters. The van der Waals surface area contributed by atoms with E-state index in [2.05, 4.69) is 5.10 Å². The normalized spacial score (nSPS) is 14.2. The lowest BCUT2D eigenvalue weighted by Gasteiger charge is -2.28. The Kier molecular flexibility index (Phi) is 5.43. The van der Waals surface area contributed by atoms with Gasteiger partial charge in [-0.05, 0) is 50.3 Å². The van der Waals surface area contributed by atoms with Gasteiger partial charge in [-0.2, -0.15) is 18.3 Å². The Labute approximate surface area is 138 Å². The van der Waals surface area contributed by atoms with E-state index in [1.54, 1.807) is 44.5 Å². The highest BCUT2D eigenvalue weighted by Crippen LogP contribution is 2.31. The molecule has 1 aliphatic heterocycles. The molecule has 1 amide bonds. The van der Waals surface area contributed by atoms with Crippen LogP contribution in [-0.4, -0.2) is 29.7 Å². The predicted octanol–water partition coefficient (Wildman–Crippen LogP) is 3.82. The van der Waals surface area contributed by atoms with Crippen LogP contribution in [0.25, 0.3) is 0 Å². The van der Waals surface area contributed by atoms with Gasteiger partial charge < -0.3 is 4.90 Å². The van der Waals surface area contributed by atoms with Crippen molar-refractivity contribution in [1.82, 2.24) is 5.01 Å². The number of alkyl halides is 3. The molecule has 0 spiro atoms. The molecule has 4 nitrogen and oxygen atoms in total. The first kappa shape index (κ1) is 17.8. The van der Waals surface area contributed by atoms with Gasteiger partial charge in [0.1, 0.15) is 6.54 Å². The molecule has 0 N–H and O–H groups in total. The molecule has 0 radical (unpaired) electrons. The number of halogens is 3. The number of hydrazone groups is 1. The van der Waals surface area contributed by atoms with Gasteiger partial charge in [0, 0.05) is 24.1 Å². The summed E-state index contributed by atoms with van der Waals surface area (Å²) in [5.41, 5.74) is -0.322. The fourth-order valence-corrected chi connectivity index (χ4v) is 2.27. The zero-order valence-corrected chi connectivity index (χ0v) is 13.4. The van der Waals surface area contributed by atoms with Crippen molar-refractivity contribution in [2.75, 3.05) is 11.4 Å². The van der Waals surface area contributed by atoms with E-state index in [0.29, 0.717) is 5.69 Å². The summed E-state index contributed by atoms with van der Waals surface area (Å²) in [5.74, 6) is -0.256. The number of benzene rings is 1. The zero-order valence-electron chi connectivity index (χ0n) is 13.4. The molecule has 1 heterocycles. The Bertz CT molecular complexity index is 645. The van der Waals surface area contributed by atoms with Gasteiger partial charge in [0.2, 0.25) is 5.91 Å². The first-order valence-electron chi connectivity index (χ1n) is 7.42. The van der Waals surface area contributed by atoms with Crippen molar-refractivity contribution in [3.8, 4) is 0 Å². The third kappa shape index (κ3) is 4.47. The summed E-state index contributed by atoms with van der Waals surface area (Å²) in [6.45, 7) is 3.60. The first-order chi connectivity index (χ1) is 11.3. The fourth-order valence-electron chi connectivity index (χ4n) is 2.27. The minimum Gasteiger partial charge on any atom is -0.308 e. The van der Waals surface area contributed by atoms with E-state index in [9.17, 15) is 18.0 Å². The van der Waals surface area contributed by atoms with Crippen LogP contribution in [0, 0.1) is 0 Å². The van der Waals surface area contributed by atoms with Crippen LogP contribution in [0.2, 0.25) is 0 Å². The molecule has 0 bridgehead atoms. The van der Waals surface area contributed by atoms with Gasteiger partial charge in [0.25, 0.3) is 0 Å². The van der Waals surface area contributed by atoms with E-state index in [1.807, 2.05) is 0 Å². The van der Waals surface area contributed by atoms with Crippen molar-refractivity contribution in [3.05, 3.63) is 54.3 Å². The quantitative estimate of drug-likeness (QED) is 0.837. The molecule has 2 rings (SSSR count). The van der Waals surface area contributed by atoms with Crippen LogP contribution in [0.5, 0.6) is 0 Å². The predicted molar refractivity (Wildman–Crippen MR) is 87.5 cm³/mol. The molecular formula is C17H18F3N3O. The van der Waals surface area contributed by atoms with Gasteiger partial charge >= 0.3 is 6.18 Å². The molecular weight excluding hydrogens is 319 g/mol. The van der Waals surface area contributed by atoms with Gasteiger partial charge in [0.05, 0.1) is 5.56 Å². The van der Waals surface area contributed by atoms with Crippen LogP contribution in [0.4, 0.5) is 18.9 Å². The van der Waals surface area contributed by atoms with Gasteiger partial charge in [-0.1, -0.05) is 6.08 Å². The molecule has 0 aromatic heterocycles. The molecule has 0 saturated carbocycles. The second-order valence-electron chi connectivity index (χ2n) is 5.49. The standard InChI is InChI=1S/C17H18F3N3O/c1-13(2)23(15-8-6-14(7-9-15)17(18,19)20)16(24)12-22-11-5-3-4-10-21-22/h3-11,13H,12H2,1-2H3. The first-order valence-corrected chi connectivity index (χ1v) is 7.42. The Balaban J connectivity index is 2.18. The number of amides is 1. The van der Waals surface area contributed by atoms with Crippen LogP contribution >= 0.6 is 0 Å². The minimum atomic E-state index is -4.40. The average Bonchev–Trinajstić information content (AvgIpc) is 2.75. The number of carbonyl (C=O) groups is 1. The molecule has 0 fully saturated rings. The van der Waals surface area contributed by atoms with Crippen molar-refractivity contribution in [2.45, 2.75) is 26.1 Å². The highest BCUT2D eigenvalue weighted by molar-refractivity contribution is 5.95. The number of nitrogens with zero attached hydrogens (tertiary/aromatic N) is 3. The summed E-state index contributed by atoms with van der Waals surface area (Å²) in [4.78, 5) is 14.0. The summed E-state index contributed by atoms with van der Waals surface area (Å²) in [5, 5.41) is 5.56. The maximum atomic E-state index is 12.7. The van der Waals surface area contributed by atoms with Crippen molar-refractivity contribution in [2.24, 2.45) is 5.10 Å². The topological polar surface area (TPSA) is 35.9 Å². The van der Waals surface area contributed by atoms with Crippen molar-refractivity contribution < 1.29 is 18.0 Å². The molecule has 1 aliphatic rings. The highest BCUT2D eigenvalue weighted by Gasteiger charge is 2.30. The lowest BCUT2D eigenvalue weighted by atomic mass is 10.1. The van der Waals surface area contributed by atoms with E-state index in [-0.39, 0.29) is 18.5 Å². The number of hydrogen-bond donors (Lipinski definition) is 0. The van der Waals surface area contributed by atoms with Gasteiger partial charge in [-0.25, -0.2) is 0 Å². The van der Waals surface area contributed by atoms with Crippen molar-refractivity contribution in [1.29, 1.82) is 0 Å². The Morgan fingerprint density at radius 3 is 2.42 bits per heavy atom. The number of allylic oxidation sites excluding steroid dienone is 3. The number of carbonyl (C=O) groups excluding carboxylic acids is 1. The lowest BCUT2D eigenvalue weighted by molar-refractivity contribution is -0.137. The summed E-state index contributed by atoms with van der Waals surface area (Å²) >= 11 is 0. The molecule has 24 heavy (non-hydrogen) atoms. The van der Waals surface area contributed by atoms with E-state index in [1.165, 1.54) is 22.0 Å². The molecule has 0 saturated heterocycles. The Hall–Kier alpha value is -2.57. The Morgan fingerprint density at radius 2 is 1.83 bits per heavy atom. The SMILES string of the molecule is CC(C)N(C(=O)CN1C=CC=CC=N1)c1ccc(C(F)(F)F)cc1. The van der Waals surface area contributed by atoms with Gasteiger partial charge in [-0.3, -0.25) is 9.80 Å². The van der Waals surface area contributed by atoms with Crippen LogP contribution in [0.1, 0.15) is 19.4 Å². The molecule has 0 atom stereocenters. The van der Waals surface area contributed by atoms with Gasteiger partial charge in [0.15, 0.2) is 0 Å². The van der Waals surface area contributed by atoms with E-state index >= 15 is 0 Å². The van der Waals surface area contributed by atoms with E-state index < -0.39 is 11.7 Å². The summed E-state index contributed by atoms with van der Waals surface area (Å²) in [7, 11) is 0. The second kappa shape index (κ2) is 7.33. The monoisotopic (exact) mass is 337 g/mol. The summed E-state index contributed by atoms with van der Waals surface area (Å²) in [6.07, 6.45) is 4.08. The largest absolute Gasteiger partial charge is 0.416 e. The lowest BCUT2D eigenvalue weighted by Crippen LogP contribution is -2.41.